The van der Waals surface area contributed by atoms with Crippen LogP contribution in [0.5, 0.6) is 0 Å². The first-order valence-corrected chi connectivity index (χ1v) is 2.70. The molecule has 0 aliphatic rings. The topological polar surface area (TPSA) is 172 Å². The highest BCUT2D eigenvalue weighted by atomic mass is 31.2. The maximum Gasteiger partial charge on any atom is 0.469 e. The van der Waals surface area contributed by atoms with E-state index in [0.717, 1.165) is 7.11 Å². The Morgan fingerprint density at radius 3 is 1.33 bits per heavy atom. The standard InChI is InChI=1S/CH5O4P.3H3N/c1-5-6(2,3)4;;;/h1H3,(H2,2,3,4);3*1H3. The highest BCUT2D eigenvalue weighted by Crippen LogP contribution is 2.33. The maximum atomic E-state index is 9.47. The molecule has 0 aromatic heterocycles. The Morgan fingerprint density at radius 1 is 1.22 bits per heavy atom. The number of hydrogen-bond acceptors (Lipinski definition) is 5. The minimum atomic E-state index is -4.15. The lowest BCUT2D eigenvalue weighted by Gasteiger charge is -1.93. The lowest BCUT2D eigenvalue weighted by Crippen LogP contribution is -1.76. The van der Waals surface area contributed by atoms with Crippen LogP contribution in [0.2, 0.25) is 0 Å². The zero-order valence-corrected chi connectivity index (χ0v) is 6.17. The largest absolute Gasteiger partial charge is 0.469 e. The Kier molecular flexibility index (Phi) is 20.5. The fraction of sp³-hybridized carbons (Fsp3) is 1.00. The molecule has 0 fully saturated rings. The third-order valence-corrected chi connectivity index (χ3v) is 0.714. The van der Waals surface area contributed by atoms with Crippen LogP contribution in [0.4, 0.5) is 0 Å². The first-order chi connectivity index (χ1) is 2.56. The van der Waals surface area contributed by atoms with Crippen LogP contribution in [-0.4, -0.2) is 16.9 Å². The molecule has 0 aliphatic heterocycles. The van der Waals surface area contributed by atoms with Gasteiger partial charge in [0, 0.05) is 7.11 Å². The zero-order valence-electron chi connectivity index (χ0n) is 5.28. The zero-order chi connectivity index (χ0) is 5.21. The third-order valence-electron chi connectivity index (χ3n) is 0.238. The molecule has 0 saturated carbocycles. The molecule has 8 heteroatoms. The summed E-state index contributed by atoms with van der Waals surface area (Å²) in [4.78, 5) is 15.4. The smallest absolute Gasteiger partial charge is 0.344 e. The first-order valence-electron chi connectivity index (χ1n) is 1.17. The van der Waals surface area contributed by atoms with Gasteiger partial charge in [-0.3, -0.25) is 4.52 Å². The van der Waals surface area contributed by atoms with Crippen molar-refractivity contribution < 1.29 is 18.9 Å². The summed E-state index contributed by atoms with van der Waals surface area (Å²) in [5, 5.41) is 0. The van der Waals surface area contributed by atoms with Gasteiger partial charge in [0.05, 0.1) is 0 Å². The SMILES string of the molecule is COP(=O)(O)O.N.N.N. The summed E-state index contributed by atoms with van der Waals surface area (Å²) in [6.45, 7) is 0. The molecule has 9 heavy (non-hydrogen) atoms. The fourth-order valence-corrected chi connectivity index (χ4v) is 0. The van der Waals surface area contributed by atoms with Crippen LogP contribution in [-0.2, 0) is 9.09 Å². The van der Waals surface area contributed by atoms with Crippen molar-refractivity contribution >= 4 is 7.82 Å². The van der Waals surface area contributed by atoms with E-state index in [2.05, 4.69) is 4.52 Å². The van der Waals surface area contributed by atoms with E-state index in [-0.39, 0.29) is 18.5 Å². The Balaban J connectivity index is -0.0000000417. The van der Waals surface area contributed by atoms with Gasteiger partial charge in [-0.1, -0.05) is 0 Å². The van der Waals surface area contributed by atoms with Gasteiger partial charge in [0.15, 0.2) is 0 Å². The van der Waals surface area contributed by atoms with Crippen LogP contribution < -0.4 is 18.5 Å². The number of phosphoric ester groups is 1. The fourth-order valence-electron chi connectivity index (χ4n) is 0. The summed E-state index contributed by atoms with van der Waals surface area (Å²) in [5.74, 6) is 0. The summed E-state index contributed by atoms with van der Waals surface area (Å²) in [6, 6.07) is 0. The molecule has 0 spiro atoms. The van der Waals surface area contributed by atoms with Gasteiger partial charge >= 0.3 is 7.82 Å². The lowest BCUT2D eigenvalue weighted by atomic mass is 11.8. The second kappa shape index (κ2) is 7.99. The highest BCUT2D eigenvalue weighted by molar-refractivity contribution is 7.46. The minimum Gasteiger partial charge on any atom is -0.344 e. The van der Waals surface area contributed by atoms with Crippen molar-refractivity contribution in [2.75, 3.05) is 7.11 Å². The predicted molar refractivity (Wildman–Crippen MR) is 34.1 cm³/mol. The molecule has 11 N–H and O–H groups in total. The Labute approximate surface area is 53.4 Å². The number of hydrogen-bond donors (Lipinski definition) is 5. The predicted octanol–water partition coefficient (Wildman–Crippen LogP) is 0.211. The van der Waals surface area contributed by atoms with Crippen molar-refractivity contribution in [3.05, 3.63) is 0 Å². The second-order valence-electron chi connectivity index (χ2n) is 0.673. The van der Waals surface area contributed by atoms with E-state index >= 15 is 0 Å². The van der Waals surface area contributed by atoms with Crippen LogP contribution in [0.15, 0.2) is 0 Å². The normalized spacial score (nSPS) is 7.89. The molecule has 0 aromatic rings. The quantitative estimate of drug-likeness (QED) is 0.343. The molecule has 0 unspecified atom stereocenters. The van der Waals surface area contributed by atoms with Crippen LogP contribution in [0.25, 0.3) is 0 Å². The van der Waals surface area contributed by atoms with E-state index in [4.69, 9.17) is 9.79 Å². The molecule has 0 heterocycles. The Morgan fingerprint density at radius 2 is 1.33 bits per heavy atom. The van der Waals surface area contributed by atoms with Gasteiger partial charge in [0.2, 0.25) is 0 Å². The van der Waals surface area contributed by atoms with Gasteiger partial charge in [0.25, 0.3) is 0 Å². The Hall–Kier alpha value is -0.0100. The number of rotatable bonds is 1. The van der Waals surface area contributed by atoms with E-state index in [1.165, 1.54) is 0 Å². The van der Waals surface area contributed by atoms with E-state index in [0.29, 0.717) is 0 Å². The molecule has 7 nitrogen and oxygen atoms in total. The van der Waals surface area contributed by atoms with Gasteiger partial charge in [-0.25, -0.2) is 4.57 Å². The molecular weight excluding hydrogens is 149 g/mol. The average Bonchev–Trinajstić information content (AvgIpc) is 1.35. The summed E-state index contributed by atoms with van der Waals surface area (Å²) in [5.41, 5.74) is 0. The molecule has 0 saturated heterocycles. The molecule has 0 amide bonds. The van der Waals surface area contributed by atoms with Crippen molar-refractivity contribution in [1.29, 1.82) is 0 Å². The third kappa shape index (κ3) is 32.1. The van der Waals surface area contributed by atoms with Gasteiger partial charge in [-0.05, 0) is 0 Å². The monoisotopic (exact) mass is 163 g/mol. The molecule has 0 bridgehead atoms. The van der Waals surface area contributed by atoms with Crippen LogP contribution in [0.1, 0.15) is 0 Å². The van der Waals surface area contributed by atoms with Crippen molar-refractivity contribution in [3.63, 3.8) is 0 Å². The van der Waals surface area contributed by atoms with E-state index in [1.807, 2.05) is 0 Å². The summed E-state index contributed by atoms with van der Waals surface area (Å²) in [6.07, 6.45) is 0. The van der Waals surface area contributed by atoms with Gasteiger partial charge < -0.3 is 28.2 Å². The summed E-state index contributed by atoms with van der Waals surface area (Å²) < 4.78 is 13.1. The van der Waals surface area contributed by atoms with Crippen molar-refractivity contribution in [2.45, 2.75) is 0 Å². The van der Waals surface area contributed by atoms with E-state index in [9.17, 15) is 4.57 Å². The molecular formula is CH14N3O4P. The van der Waals surface area contributed by atoms with Crippen molar-refractivity contribution in [1.82, 2.24) is 18.5 Å². The van der Waals surface area contributed by atoms with Crippen LogP contribution >= 0.6 is 7.82 Å². The van der Waals surface area contributed by atoms with Crippen LogP contribution in [0.3, 0.4) is 0 Å². The van der Waals surface area contributed by atoms with E-state index < -0.39 is 7.82 Å². The van der Waals surface area contributed by atoms with Gasteiger partial charge in [-0.15, -0.1) is 0 Å². The maximum absolute atomic E-state index is 9.47. The summed E-state index contributed by atoms with van der Waals surface area (Å²) in [7, 11) is -3.20. The second-order valence-corrected chi connectivity index (χ2v) is 2.02. The van der Waals surface area contributed by atoms with E-state index in [1.54, 1.807) is 0 Å². The molecule has 0 rings (SSSR count). The van der Waals surface area contributed by atoms with Crippen molar-refractivity contribution in [2.24, 2.45) is 0 Å². The Bertz CT molecular complexity index is 79.9. The first kappa shape index (κ1) is 23.0. The number of phosphoric acid groups is 1. The molecule has 0 aromatic carbocycles. The molecule has 62 valence electrons. The summed E-state index contributed by atoms with van der Waals surface area (Å²) >= 11 is 0. The highest BCUT2D eigenvalue weighted by Gasteiger charge is 2.07. The van der Waals surface area contributed by atoms with Crippen LogP contribution in [0, 0.1) is 0 Å². The molecule has 0 atom stereocenters. The molecule has 0 radical (unpaired) electrons. The van der Waals surface area contributed by atoms with Gasteiger partial charge in [0.1, 0.15) is 0 Å². The minimum absolute atomic E-state index is 0. The van der Waals surface area contributed by atoms with Gasteiger partial charge in [-0.2, -0.15) is 0 Å². The van der Waals surface area contributed by atoms with Crippen molar-refractivity contribution in [3.8, 4) is 0 Å². The average molecular weight is 163 g/mol. The lowest BCUT2D eigenvalue weighted by molar-refractivity contribution is 0.235. The molecule has 0 aliphatic carbocycles.